The summed E-state index contributed by atoms with van der Waals surface area (Å²) < 4.78 is 12.2. The van der Waals surface area contributed by atoms with Gasteiger partial charge < -0.3 is 10.9 Å². The lowest BCUT2D eigenvalue weighted by Crippen LogP contribution is -2.32. The first-order valence-electron chi connectivity index (χ1n) is 2.41. The van der Waals surface area contributed by atoms with E-state index >= 15 is 0 Å². The highest BCUT2D eigenvalue weighted by atomic mass is 19.1. The van der Waals surface area contributed by atoms with Gasteiger partial charge in [0.15, 0.2) is 0 Å². The lowest BCUT2D eigenvalue weighted by Gasteiger charge is -2.00. The van der Waals surface area contributed by atoms with E-state index in [0.29, 0.717) is 5.70 Å². The molecule has 8 heavy (non-hydrogen) atoms. The van der Waals surface area contributed by atoms with E-state index in [0.717, 1.165) is 0 Å². The van der Waals surface area contributed by atoms with E-state index in [1.165, 1.54) is 6.92 Å². The lowest BCUT2D eigenvalue weighted by atomic mass is 10.3. The van der Waals surface area contributed by atoms with Crippen molar-refractivity contribution in [3.8, 4) is 0 Å². The van der Waals surface area contributed by atoms with Gasteiger partial charge in [-0.15, -0.1) is 0 Å². The summed E-state index contributed by atoms with van der Waals surface area (Å²) in [6, 6.07) is 0. The summed E-state index contributed by atoms with van der Waals surface area (Å²) >= 11 is 0. The van der Waals surface area contributed by atoms with Gasteiger partial charge >= 0.3 is 0 Å². The Morgan fingerprint density at radius 3 is 2.75 bits per heavy atom. The highest BCUT2D eigenvalue weighted by Crippen LogP contribution is 2.00. The third kappa shape index (κ3) is 0.894. The number of hydrazine groups is 2. The zero-order valence-electron chi connectivity index (χ0n) is 4.53. The first-order chi connectivity index (χ1) is 3.80. The van der Waals surface area contributed by atoms with Crippen LogP contribution in [0.15, 0.2) is 11.9 Å². The summed E-state index contributed by atoms with van der Waals surface area (Å²) in [7, 11) is 0. The van der Waals surface area contributed by atoms with Gasteiger partial charge in [0.2, 0.25) is 0 Å². The minimum absolute atomic E-state index is 0.532. The average molecular weight is 117 g/mol. The number of nitrogens with one attached hydrogen (secondary N) is 3. The molecule has 1 heterocycles. The van der Waals surface area contributed by atoms with Gasteiger partial charge in [0.1, 0.15) is 6.17 Å². The third-order valence-corrected chi connectivity index (χ3v) is 0.935. The smallest absolute Gasteiger partial charge is 0.140 e. The van der Waals surface area contributed by atoms with Crippen LogP contribution >= 0.6 is 0 Å². The van der Waals surface area contributed by atoms with Crippen molar-refractivity contribution in [2.75, 3.05) is 0 Å². The first kappa shape index (κ1) is 5.37. The standard InChI is InChI=1S/C4H8FN3/c1-3(5)4-2-6-8-7-4/h2-3,6-8H,1H3. The van der Waals surface area contributed by atoms with Gasteiger partial charge in [0.05, 0.1) is 5.70 Å². The quantitative estimate of drug-likeness (QED) is 0.445. The Morgan fingerprint density at radius 2 is 2.50 bits per heavy atom. The summed E-state index contributed by atoms with van der Waals surface area (Å²) in [5.41, 5.74) is 8.22. The highest BCUT2D eigenvalue weighted by molar-refractivity contribution is 5.04. The SMILES string of the molecule is CC(F)C1=CNNN1. The second-order valence-electron chi connectivity index (χ2n) is 1.61. The van der Waals surface area contributed by atoms with Crippen LogP contribution in [0, 0.1) is 0 Å². The minimum Gasteiger partial charge on any atom is -0.309 e. The number of rotatable bonds is 1. The van der Waals surface area contributed by atoms with Crippen molar-refractivity contribution in [3.63, 3.8) is 0 Å². The first-order valence-corrected chi connectivity index (χ1v) is 2.41. The van der Waals surface area contributed by atoms with Crippen LogP contribution in [0.5, 0.6) is 0 Å². The summed E-state index contributed by atoms with van der Waals surface area (Å²) in [5, 5.41) is 0. The zero-order valence-corrected chi connectivity index (χ0v) is 4.53. The normalized spacial score (nSPS) is 21.0. The van der Waals surface area contributed by atoms with E-state index in [1.54, 1.807) is 6.20 Å². The lowest BCUT2D eigenvalue weighted by molar-refractivity contribution is 0.388. The molecule has 0 bridgehead atoms. The van der Waals surface area contributed by atoms with Gasteiger partial charge in [-0.1, -0.05) is 0 Å². The number of halogens is 1. The predicted octanol–water partition coefficient (Wildman–Crippen LogP) is -0.202. The largest absolute Gasteiger partial charge is 0.309 e. The molecule has 1 aliphatic rings. The molecule has 0 amide bonds. The molecule has 0 spiro atoms. The number of hydrogen-bond donors (Lipinski definition) is 3. The molecule has 0 aromatic heterocycles. The van der Waals surface area contributed by atoms with E-state index in [4.69, 9.17) is 0 Å². The Kier molecular flexibility index (Phi) is 1.34. The molecule has 4 heteroatoms. The van der Waals surface area contributed by atoms with Gasteiger partial charge in [-0.3, -0.25) is 0 Å². The van der Waals surface area contributed by atoms with E-state index < -0.39 is 6.17 Å². The molecule has 0 aliphatic carbocycles. The fourth-order valence-corrected chi connectivity index (χ4v) is 0.472. The van der Waals surface area contributed by atoms with Crippen LogP contribution in [-0.4, -0.2) is 6.17 Å². The van der Waals surface area contributed by atoms with Crippen LogP contribution in [0.2, 0.25) is 0 Å². The Balaban J connectivity index is 2.45. The molecule has 0 aromatic rings. The monoisotopic (exact) mass is 117 g/mol. The number of hydrogen-bond acceptors (Lipinski definition) is 3. The fraction of sp³-hybridized carbons (Fsp3) is 0.500. The van der Waals surface area contributed by atoms with Gasteiger partial charge in [0, 0.05) is 6.20 Å². The Hall–Kier alpha value is -0.770. The van der Waals surface area contributed by atoms with Crippen molar-refractivity contribution in [2.24, 2.45) is 0 Å². The summed E-state index contributed by atoms with van der Waals surface area (Å²) in [6.07, 6.45) is 0.613. The van der Waals surface area contributed by atoms with E-state index in [1.807, 2.05) is 0 Å². The highest BCUT2D eigenvalue weighted by Gasteiger charge is 2.08. The van der Waals surface area contributed by atoms with Crippen molar-refractivity contribution in [2.45, 2.75) is 13.1 Å². The minimum atomic E-state index is -0.933. The second kappa shape index (κ2) is 2.00. The molecular weight excluding hydrogens is 109 g/mol. The Bertz CT molecular complexity index is 110. The maximum Gasteiger partial charge on any atom is 0.140 e. The van der Waals surface area contributed by atoms with Crippen molar-refractivity contribution in [1.29, 1.82) is 0 Å². The molecule has 0 fully saturated rings. The third-order valence-electron chi connectivity index (χ3n) is 0.935. The van der Waals surface area contributed by atoms with Gasteiger partial charge in [-0.05, 0) is 6.92 Å². The van der Waals surface area contributed by atoms with Crippen molar-refractivity contribution in [3.05, 3.63) is 11.9 Å². The second-order valence-corrected chi connectivity index (χ2v) is 1.61. The zero-order chi connectivity index (χ0) is 5.98. The molecule has 0 aromatic carbocycles. The molecule has 0 saturated carbocycles. The van der Waals surface area contributed by atoms with E-state index in [-0.39, 0.29) is 0 Å². The topological polar surface area (TPSA) is 36.1 Å². The molecule has 3 nitrogen and oxygen atoms in total. The fourth-order valence-electron chi connectivity index (χ4n) is 0.472. The molecule has 3 N–H and O–H groups in total. The van der Waals surface area contributed by atoms with Crippen LogP contribution in [0.4, 0.5) is 4.39 Å². The predicted molar refractivity (Wildman–Crippen MR) is 28.1 cm³/mol. The van der Waals surface area contributed by atoms with Crippen LogP contribution in [0.3, 0.4) is 0 Å². The van der Waals surface area contributed by atoms with Crippen LogP contribution in [-0.2, 0) is 0 Å². The number of allylic oxidation sites excluding steroid dienone is 1. The van der Waals surface area contributed by atoms with Crippen molar-refractivity contribution < 1.29 is 4.39 Å². The van der Waals surface area contributed by atoms with Gasteiger partial charge in [-0.2, -0.15) is 5.53 Å². The van der Waals surface area contributed by atoms with Crippen molar-refractivity contribution >= 4 is 0 Å². The summed E-state index contributed by atoms with van der Waals surface area (Å²) in [6.45, 7) is 1.47. The molecule has 1 aliphatic heterocycles. The molecular formula is C4H8FN3. The molecule has 1 rings (SSSR count). The van der Waals surface area contributed by atoms with Crippen LogP contribution < -0.4 is 16.4 Å². The summed E-state index contributed by atoms with van der Waals surface area (Å²) in [4.78, 5) is 0. The van der Waals surface area contributed by atoms with Crippen molar-refractivity contribution in [1.82, 2.24) is 16.4 Å². The van der Waals surface area contributed by atoms with Crippen LogP contribution in [0.1, 0.15) is 6.92 Å². The maximum absolute atomic E-state index is 12.2. The maximum atomic E-state index is 12.2. The van der Waals surface area contributed by atoms with Crippen LogP contribution in [0.25, 0.3) is 0 Å². The molecule has 1 atom stereocenters. The van der Waals surface area contributed by atoms with E-state index in [9.17, 15) is 4.39 Å². The van der Waals surface area contributed by atoms with Gasteiger partial charge in [-0.25, -0.2) is 4.39 Å². The molecule has 1 unspecified atom stereocenters. The summed E-state index contributed by atoms with van der Waals surface area (Å²) in [5.74, 6) is 0. The molecule has 46 valence electrons. The molecule has 0 radical (unpaired) electrons. The number of alkyl halides is 1. The van der Waals surface area contributed by atoms with Gasteiger partial charge in [0.25, 0.3) is 0 Å². The Morgan fingerprint density at radius 1 is 1.75 bits per heavy atom. The average Bonchev–Trinajstić information content (AvgIpc) is 2.12. The van der Waals surface area contributed by atoms with E-state index in [2.05, 4.69) is 16.4 Å². The Labute approximate surface area is 46.9 Å². The molecule has 0 saturated heterocycles.